The Kier molecular flexibility index (Phi) is 4.69. The minimum Gasteiger partial charge on any atom is -0.476 e. The summed E-state index contributed by atoms with van der Waals surface area (Å²) >= 11 is 1.20. The van der Waals surface area contributed by atoms with Crippen LogP contribution in [0.2, 0.25) is 0 Å². The number of carboxylic acid groups (broad SMARTS) is 1. The molecule has 0 fully saturated rings. The van der Waals surface area contributed by atoms with E-state index in [1.165, 1.54) is 16.7 Å². The van der Waals surface area contributed by atoms with Gasteiger partial charge in [0.05, 0.1) is 11.4 Å². The second kappa shape index (κ2) is 7.33. The Morgan fingerprint density at radius 1 is 1.03 bits per heavy atom. The first-order valence-electron chi connectivity index (χ1n) is 8.70. The molecule has 0 saturated heterocycles. The number of carbonyl (C=O) groups is 2. The summed E-state index contributed by atoms with van der Waals surface area (Å²) in [5.74, 6) is -1.59. The van der Waals surface area contributed by atoms with Crippen LogP contribution in [0, 0.1) is 6.92 Å². The highest BCUT2D eigenvalue weighted by Crippen LogP contribution is 2.34. The molecule has 4 rings (SSSR count). The van der Waals surface area contributed by atoms with Gasteiger partial charge in [-0.2, -0.15) is 5.10 Å². The number of hydrogen-bond donors (Lipinski definition) is 2. The fourth-order valence-corrected chi connectivity index (χ4v) is 3.85. The quantitative estimate of drug-likeness (QED) is 0.526. The number of carbonyl (C=O) groups excluding carboxylic acids is 1. The molecule has 29 heavy (non-hydrogen) atoms. The Morgan fingerprint density at radius 3 is 2.31 bits per heavy atom. The summed E-state index contributed by atoms with van der Waals surface area (Å²) in [5, 5.41) is 15.9. The van der Waals surface area contributed by atoms with Crippen molar-refractivity contribution in [1.82, 2.24) is 14.8 Å². The van der Waals surface area contributed by atoms with E-state index in [0.29, 0.717) is 10.7 Å². The monoisotopic (exact) mass is 404 g/mol. The van der Waals surface area contributed by atoms with Crippen molar-refractivity contribution in [2.75, 3.05) is 0 Å². The van der Waals surface area contributed by atoms with E-state index in [-0.39, 0.29) is 5.69 Å². The molecule has 0 aliphatic rings. The van der Waals surface area contributed by atoms with Gasteiger partial charge in [-0.1, -0.05) is 42.5 Å². The number of amides is 1. The predicted molar refractivity (Wildman–Crippen MR) is 110 cm³/mol. The van der Waals surface area contributed by atoms with Crippen LogP contribution in [0.15, 0.2) is 60.0 Å². The third-order valence-electron chi connectivity index (χ3n) is 4.50. The molecule has 0 unspecified atom stereocenters. The molecule has 8 heteroatoms. The summed E-state index contributed by atoms with van der Waals surface area (Å²) in [4.78, 5) is 26.9. The van der Waals surface area contributed by atoms with Crippen molar-refractivity contribution in [1.29, 1.82) is 0 Å². The van der Waals surface area contributed by atoms with Crippen LogP contribution in [0.4, 0.5) is 0 Å². The van der Waals surface area contributed by atoms with Gasteiger partial charge in [0, 0.05) is 27.6 Å². The lowest BCUT2D eigenvalue weighted by atomic mass is 10.0. The van der Waals surface area contributed by atoms with Crippen molar-refractivity contribution in [2.45, 2.75) is 6.92 Å². The van der Waals surface area contributed by atoms with E-state index in [9.17, 15) is 14.7 Å². The smallest absolute Gasteiger partial charge is 0.355 e. The average Bonchev–Trinajstić information content (AvgIpc) is 3.34. The zero-order valence-electron chi connectivity index (χ0n) is 15.4. The molecule has 144 valence electrons. The lowest BCUT2D eigenvalue weighted by molar-refractivity contribution is 0.0691. The molecule has 4 aromatic rings. The Bertz CT molecular complexity index is 1210. The maximum Gasteiger partial charge on any atom is 0.355 e. The standard InChI is InChI=1S/C21H16N4O3S/c1-12-17(13-5-3-2-4-6-13)24-25(21-23-16(11-29-21)20(27)28)18(12)14-7-9-15(10-8-14)19(22)26/h2-11H,1H3,(H2,22,26)(H,27,28). The van der Waals surface area contributed by atoms with E-state index in [0.717, 1.165) is 28.1 Å². The lowest BCUT2D eigenvalue weighted by Crippen LogP contribution is -2.10. The second-order valence-corrected chi connectivity index (χ2v) is 7.20. The average molecular weight is 404 g/mol. The fraction of sp³-hybridized carbons (Fsp3) is 0.0476. The first kappa shape index (κ1) is 18.6. The van der Waals surface area contributed by atoms with Crippen LogP contribution in [0.5, 0.6) is 0 Å². The highest BCUT2D eigenvalue weighted by Gasteiger charge is 2.21. The highest BCUT2D eigenvalue weighted by molar-refractivity contribution is 7.12. The maximum absolute atomic E-state index is 11.4. The molecular weight excluding hydrogens is 388 g/mol. The van der Waals surface area contributed by atoms with Crippen molar-refractivity contribution >= 4 is 23.2 Å². The van der Waals surface area contributed by atoms with Crippen molar-refractivity contribution in [3.8, 4) is 27.6 Å². The number of rotatable bonds is 5. The van der Waals surface area contributed by atoms with Crippen molar-refractivity contribution < 1.29 is 14.7 Å². The molecule has 7 nitrogen and oxygen atoms in total. The fourth-order valence-electron chi connectivity index (χ4n) is 3.10. The van der Waals surface area contributed by atoms with Gasteiger partial charge < -0.3 is 10.8 Å². The second-order valence-electron chi connectivity index (χ2n) is 6.36. The summed E-state index contributed by atoms with van der Waals surface area (Å²) in [7, 11) is 0. The van der Waals surface area contributed by atoms with Gasteiger partial charge in [-0.3, -0.25) is 4.79 Å². The molecule has 0 bridgehead atoms. The third-order valence-corrected chi connectivity index (χ3v) is 5.32. The molecule has 1 amide bonds. The normalized spacial score (nSPS) is 10.8. The van der Waals surface area contributed by atoms with Crippen molar-refractivity contribution in [2.24, 2.45) is 5.73 Å². The molecule has 0 saturated carbocycles. The van der Waals surface area contributed by atoms with E-state index in [2.05, 4.69) is 4.98 Å². The van der Waals surface area contributed by atoms with Crippen LogP contribution < -0.4 is 5.73 Å². The van der Waals surface area contributed by atoms with Crippen LogP contribution in [0.25, 0.3) is 27.6 Å². The number of aromatic nitrogens is 3. The van der Waals surface area contributed by atoms with E-state index in [1.54, 1.807) is 28.9 Å². The van der Waals surface area contributed by atoms with Crippen molar-refractivity contribution in [3.05, 3.63) is 76.8 Å². The van der Waals surface area contributed by atoms with Crippen LogP contribution in [0.3, 0.4) is 0 Å². The molecule has 2 heterocycles. The molecule has 0 spiro atoms. The van der Waals surface area contributed by atoms with Gasteiger partial charge in [0.1, 0.15) is 0 Å². The molecule has 2 aromatic carbocycles. The van der Waals surface area contributed by atoms with Crippen LogP contribution in [-0.4, -0.2) is 31.7 Å². The Labute approximate surface area is 170 Å². The van der Waals surface area contributed by atoms with Crippen LogP contribution in [0.1, 0.15) is 26.4 Å². The SMILES string of the molecule is Cc1c(-c2ccccc2)nn(-c2nc(C(=O)O)cs2)c1-c1ccc(C(N)=O)cc1. The van der Waals surface area contributed by atoms with E-state index in [1.807, 2.05) is 37.3 Å². The number of carboxylic acids is 1. The van der Waals surface area contributed by atoms with Gasteiger partial charge in [-0.05, 0) is 19.1 Å². The molecule has 0 aliphatic carbocycles. The highest BCUT2D eigenvalue weighted by atomic mass is 32.1. The topological polar surface area (TPSA) is 111 Å². The van der Waals surface area contributed by atoms with E-state index in [4.69, 9.17) is 10.8 Å². The van der Waals surface area contributed by atoms with E-state index >= 15 is 0 Å². The summed E-state index contributed by atoms with van der Waals surface area (Å²) in [6, 6.07) is 16.6. The van der Waals surface area contributed by atoms with Gasteiger partial charge in [-0.15, -0.1) is 11.3 Å². The zero-order valence-corrected chi connectivity index (χ0v) is 16.2. The summed E-state index contributed by atoms with van der Waals surface area (Å²) < 4.78 is 1.65. The number of nitrogens with two attached hydrogens (primary N) is 1. The number of nitrogens with zero attached hydrogens (tertiary/aromatic N) is 3. The van der Waals surface area contributed by atoms with Gasteiger partial charge in [0.15, 0.2) is 5.69 Å². The Hall–Kier alpha value is -3.78. The van der Waals surface area contributed by atoms with Crippen LogP contribution >= 0.6 is 11.3 Å². The molecular formula is C21H16N4O3S. The molecule has 0 atom stereocenters. The number of benzene rings is 2. The third kappa shape index (κ3) is 3.41. The predicted octanol–water partition coefficient (Wildman–Crippen LogP) is 3.77. The number of hydrogen-bond acceptors (Lipinski definition) is 5. The van der Waals surface area contributed by atoms with Gasteiger partial charge in [0.25, 0.3) is 0 Å². The minimum atomic E-state index is -1.09. The first-order chi connectivity index (χ1) is 14.0. The van der Waals surface area contributed by atoms with Gasteiger partial charge >= 0.3 is 5.97 Å². The Morgan fingerprint density at radius 2 is 1.72 bits per heavy atom. The van der Waals surface area contributed by atoms with Crippen LogP contribution in [-0.2, 0) is 0 Å². The Balaban J connectivity index is 1.92. The number of aromatic carboxylic acids is 1. The minimum absolute atomic E-state index is 0.0329. The molecule has 3 N–H and O–H groups in total. The summed E-state index contributed by atoms with van der Waals surface area (Å²) in [6.07, 6.45) is 0. The zero-order chi connectivity index (χ0) is 20.5. The van der Waals surface area contributed by atoms with Crippen molar-refractivity contribution in [3.63, 3.8) is 0 Å². The molecule has 0 aliphatic heterocycles. The maximum atomic E-state index is 11.4. The number of primary amides is 1. The summed E-state index contributed by atoms with van der Waals surface area (Å²) in [6.45, 7) is 1.95. The molecule has 0 radical (unpaired) electrons. The van der Waals surface area contributed by atoms with Gasteiger partial charge in [-0.25, -0.2) is 14.5 Å². The van der Waals surface area contributed by atoms with Gasteiger partial charge in [0.2, 0.25) is 11.0 Å². The van der Waals surface area contributed by atoms with E-state index < -0.39 is 11.9 Å². The first-order valence-corrected chi connectivity index (χ1v) is 9.58. The summed E-state index contributed by atoms with van der Waals surface area (Å²) in [5.41, 5.74) is 9.92. The number of thiazole rings is 1. The largest absolute Gasteiger partial charge is 0.476 e. The lowest BCUT2D eigenvalue weighted by Gasteiger charge is -2.06. The molecule has 2 aromatic heterocycles.